The van der Waals surface area contributed by atoms with E-state index in [1.165, 1.54) is 11.1 Å². The molecule has 0 aliphatic rings. The molecule has 0 amide bonds. The van der Waals surface area contributed by atoms with Gasteiger partial charge in [0.1, 0.15) is 17.3 Å². The van der Waals surface area contributed by atoms with Crippen LogP contribution in [0.1, 0.15) is 35.7 Å². The number of hydrogen-bond donors (Lipinski definition) is 1. The van der Waals surface area contributed by atoms with E-state index in [-0.39, 0.29) is 12.1 Å². The van der Waals surface area contributed by atoms with E-state index in [0.717, 1.165) is 17.3 Å². The van der Waals surface area contributed by atoms with Crippen LogP contribution in [0.15, 0.2) is 34.7 Å². The number of aryl methyl sites for hydroxylation is 3. The molecule has 102 valence electrons. The van der Waals surface area contributed by atoms with E-state index in [0.29, 0.717) is 0 Å². The fourth-order valence-electron chi connectivity index (χ4n) is 1.96. The summed E-state index contributed by atoms with van der Waals surface area (Å²) in [6.07, 6.45) is -0.268. The highest BCUT2D eigenvalue weighted by Gasteiger charge is 2.21. The van der Waals surface area contributed by atoms with Crippen molar-refractivity contribution in [2.75, 3.05) is 0 Å². The molecule has 0 saturated carbocycles. The second-order valence-electron chi connectivity index (χ2n) is 5.09. The molecule has 1 aromatic carbocycles. The number of benzene rings is 1. The molecule has 2 atom stereocenters. The fourth-order valence-corrected chi connectivity index (χ4v) is 1.96. The number of ether oxygens (including phenoxy) is 1. The Morgan fingerprint density at radius 1 is 1.05 bits per heavy atom. The lowest BCUT2D eigenvalue weighted by Gasteiger charge is -2.21. The van der Waals surface area contributed by atoms with Crippen molar-refractivity contribution in [1.82, 2.24) is 0 Å². The van der Waals surface area contributed by atoms with E-state index < -0.39 is 0 Å². The third-order valence-corrected chi connectivity index (χ3v) is 3.26. The zero-order chi connectivity index (χ0) is 14.0. The molecule has 2 N–H and O–H groups in total. The SMILES string of the molecule is Cc1ccc(C(Oc2ccc(C)c(C)c2)C(C)N)o1. The van der Waals surface area contributed by atoms with Crippen molar-refractivity contribution in [2.24, 2.45) is 5.73 Å². The van der Waals surface area contributed by atoms with Crippen LogP contribution in [0.25, 0.3) is 0 Å². The Bertz CT molecular complexity index is 558. The summed E-state index contributed by atoms with van der Waals surface area (Å²) in [4.78, 5) is 0. The van der Waals surface area contributed by atoms with Crippen molar-refractivity contribution < 1.29 is 9.15 Å². The number of hydrogen-bond acceptors (Lipinski definition) is 3. The van der Waals surface area contributed by atoms with Gasteiger partial charge in [0, 0.05) is 6.04 Å². The molecule has 2 rings (SSSR count). The van der Waals surface area contributed by atoms with Gasteiger partial charge in [-0.25, -0.2) is 0 Å². The van der Waals surface area contributed by atoms with Gasteiger partial charge in [0.15, 0.2) is 6.10 Å². The molecule has 0 bridgehead atoms. The summed E-state index contributed by atoms with van der Waals surface area (Å²) < 4.78 is 11.6. The van der Waals surface area contributed by atoms with Gasteiger partial charge < -0.3 is 14.9 Å². The standard InChI is InChI=1S/C16H21NO2/c1-10-5-7-14(9-11(10)2)19-16(13(4)17)15-8-6-12(3)18-15/h5-9,13,16H,17H2,1-4H3. The molecule has 0 fully saturated rings. The lowest BCUT2D eigenvalue weighted by atomic mass is 10.1. The molecule has 19 heavy (non-hydrogen) atoms. The van der Waals surface area contributed by atoms with Crippen LogP contribution in [-0.4, -0.2) is 6.04 Å². The van der Waals surface area contributed by atoms with Gasteiger partial charge in [-0.1, -0.05) is 6.07 Å². The molecule has 0 aliphatic heterocycles. The molecule has 1 aromatic heterocycles. The highest BCUT2D eigenvalue weighted by atomic mass is 16.5. The zero-order valence-corrected chi connectivity index (χ0v) is 11.9. The van der Waals surface area contributed by atoms with Crippen molar-refractivity contribution in [3.05, 3.63) is 53.0 Å². The third kappa shape index (κ3) is 3.18. The Hall–Kier alpha value is -1.74. The first-order valence-corrected chi connectivity index (χ1v) is 6.53. The van der Waals surface area contributed by atoms with Gasteiger partial charge in [-0.2, -0.15) is 0 Å². The quantitative estimate of drug-likeness (QED) is 0.911. The fraction of sp³-hybridized carbons (Fsp3) is 0.375. The van der Waals surface area contributed by atoms with Crippen LogP contribution in [0, 0.1) is 20.8 Å². The third-order valence-electron chi connectivity index (χ3n) is 3.26. The maximum atomic E-state index is 6.01. The average Bonchev–Trinajstić information content (AvgIpc) is 2.76. The van der Waals surface area contributed by atoms with Crippen LogP contribution < -0.4 is 10.5 Å². The summed E-state index contributed by atoms with van der Waals surface area (Å²) in [5.74, 6) is 2.45. The molecular formula is C16H21NO2. The van der Waals surface area contributed by atoms with Crippen molar-refractivity contribution in [3.63, 3.8) is 0 Å². The van der Waals surface area contributed by atoms with E-state index in [4.69, 9.17) is 14.9 Å². The van der Waals surface area contributed by atoms with Gasteiger partial charge in [0.2, 0.25) is 0 Å². The Balaban J connectivity index is 2.23. The Labute approximate surface area is 114 Å². The van der Waals surface area contributed by atoms with Crippen molar-refractivity contribution in [3.8, 4) is 5.75 Å². The van der Waals surface area contributed by atoms with Gasteiger partial charge in [0.25, 0.3) is 0 Å². The van der Waals surface area contributed by atoms with Crippen LogP contribution >= 0.6 is 0 Å². The van der Waals surface area contributed by atoms with Gasteiger partial charge >= 0.3 is 0 Å². The number of nitrogens with two attached hydrogens (primary N) is 1. The second kappa shape index (κ2) is 5.49. The minimum Gasteiger partial charge on any atom is -0.481 e. The van der Waals surface area contributed by atoms with E-state index in [1.807, 2.05) is 38.1 Å². The molecule has 0 aliphatic carbocycles. The average molecular weight is 259 g/mol. The summed E-state index contributed by atoms with van der Waals surface area (Å²) >= 11 is 0. The van der Waals surface area contributed by atoms with Gasteiger partial charge in [0.05, 0.1) is 0 Å². The van der Waals surface area contributed by atoms with Crippen LogP contribution in [0.5, 0.6) is 5.75 Å². The number of rotatable bonds is 4. The summed E-state index contributed by atoms with van der Waals surface area (Å²) in [7, 11) is 0. The van der Waals surface area contributed by atoms with E-state index in [9.17, 15) is 0 Å². The summed E-state index contributed by atoms with van der Waals surface area (Å²) in [6, 6.07) is 9.75. The minimum atomic E-state index is -0.268. The molecule has 0 saturated heterocycles. The lowest BCUT2D eigenvalue weighted by Crippen LogP contribution is -2.28. The zero-order valence-electron chi connectivity index (χ0n) is 11.9. The summed E-state index contributed by atoms with van der Waals surface area (Å²) in [5.41, 5.74) is 8.46. The van der Waals surface area contributed by atoms with Crippen LogP contribution in [-0.2, 0) is 0 Å². The predicted molar refractivity (Wildman–Crippen MR) is 76.4 cm³/mol. The Morgan fingerprint density at radius 2 is 1.79 bits per heavy atom. The van der Waals surface area contributed by atoms with Crippen molar-refractivity contribution in [1.29, 1.82) is 0 Å². The van der Waals surface area contributed by atoms with Crippen LogP contribution in [0.2, 0.25) is 0 Å². The molecule has 3 nitrogen and oxygen atoms in total. The van der Waals surface area contributed by atoms with E-state index >= 15 is 0 Å². The van der Waals surface area contributed by atoms with Crippen LogP contribution in [0.3, 0.4) is 0 Å². The van der Waals surface area contributed by atoms with Crippen molar-refractivity contribution >= 4 is 0 Å². The largest absolute Gasteiger partial charge is 0.481 e. The minimum absolute atomic E-state index is 0.146. The molecule has 2 aromatic rings. The van der Waals surface area contributed by atoms with Gasteiger partial charge in [-0.3, -0.25) is 0 Å². The summed E-state index contributed by atoms with van der Waals surface area (Å²) in [6.45, 7) is 7.99. The molecular weight excluding hydrogens is 238 g/mol. The Morgan fingerprint density at radius 3 is 2.32 bits per heavy atom. The monoisotopic (exact) mass is 259 g/mol. The normalized spacial score (nSPS) is 14.2. The molecule has 2 unspecified atom stereocenters. The molecule has 1 heterocycles. The van der Waals surface area contributed by atoms with E-state index in [1.54, 1.807) is 0 Å². The second-order valence-corrected chi connectivity index (χ2v) is 5.09. The predicted octanol–water partition coefficient (Wildman–Crippen LogP) is 3.67. The van der Waals surface area contributed by atoms with Crippen LogP contribution in [0.4, 0.5) is 0 Å². The smallest absolute Gasteiger partial charge is 0.171 e. The van der Waals surface area contributed by atoms with E-state index in [2.05, 4.69) is 19.9 Å². The first kappa shape index (κ1) is 13.7. The lowest BCUT2D eigenvalue weighted by molar-refractivity contribution is 0.151. The molecule has 0 spiro atoms. The first-order valence-electron chi connectivity index (χ1n) is 6.53. The molecule has 3 heteroatoms. The topological polar surface area (TPSA) is 48.4 Å². The summed E-state index contributed by atoms with van der Waals surface area (Å²) in [5, 5.41) is 0. The van der Waals surface area contributed by atoms with Crippen molar-refractivity contribution in [2.45, 2.75) is 39.8 Å². The first-order chi connectivity index (χ1) is 8.97. The molecule has 0 radical (unpaired) electrons. The maximum absolute atomic E-state index is 6.01. The highest BCUT2D eigenvalue weighted by molar-refractivity contribution is 5.34. The number of furan rings is 1. The van der Waals surface area contributed by atoms with Gasteiger partial charge in [-0.15, -0.1) is 0 Å². The Kier molecular flexibility index (Phi) is 3.96. The maximum Gasteiger partial charge on any atom is 0.171 e. The highest BCUT2D eigenvalue weighted by Crippen LogP contribution is 2.27. The van der Waals surface area contributed by atoms with Gasteiger partial charge in [-0.05, 0) is 63.1 Å².